The van der Waals surface area contributed by atoms with Crippen LogP contribution in [0.1, 0.15) is 10.4 Å². The van der Waals surface area contributed by atoms with Crippen molar-refractivity contribution >= 4 is 31.5 Å². The molecule has 1 aliphatic rings. The lowest BCUT2D eigenvalue weighted by molar-refractivity contribution is 0.0730. The van der Waals surface area contributed by atoms with Gasteiger partial charge in [-0.05, 0) is 54.6 Å². The highest BCUT2D eigenvalue weighted by atomic mass is 32.2. The molecule has 1 aliphatic heterocycles. The summed E-state index contributed by atoms with van der Waals surface area (Å²) in [5.74, 6) is -0.372. The average molecular weight is 487 g/mol. The second-order valence-corrected chi connectivity index (χ2v) is 11.2. The van der Waals surface area contributed by atoms with Crippen molar-refractivity contribution in [2.75, 3.05) is 31.6 Å². The number of rotatable bonds is 6. The minimum Gasteiger partial charge on any atom is -0.379 e. The second kappa shape index (κ2) is 9.44. The SMILES string of the molecule is O=C(Nc1ccccc1)c1ccc(S(=O)(=O)c2cccc(S(=O)(=O)N3CCOCC3)c2)cc1. The number of para-hydroxylation sites is 1. The van der Waals surface area contributed by atoms with Crippen LogP contribution in [0.5, 0.6) is 0 Å². The lowest BCUT2D eigenvalue weighted by atomic mass is 10.2. The number of nitrogens with one attached hydrogen (secondary N) is 1. The molecule has 1 saturated heterocycles. The van der Waals surface area contributed by atoms with Gasteiger partial charge in [0.2, 0.25) is 19.9 Å². The van der Waals surface area contributed by atoms with Gasteiger partial charge in [-0.2, -0.15) is 4.31 Å². The number of sulfone groups is 1. The van der Waals surface area contributed by atoms with Crippen LogP contribution in [0.2, 0.25) is 0 Å². The molecule has 3 aromatic rings. The molecule has 0 aliphatic carbocycles. The Kier molecular flexibility index (Phi) is 6.61. The Bertz CT molecular complexity index is 1350. The molecule has 0 aromatic heterocycles. The van der Waals surface area contributed by atoms with Gasteiger partial charge in [-0.15, -0.1) is 0 Å². The summed E-state index contributed by atoms with van der Waals surface area (Å²) in [5.41, 5.74) is 0.916. The Morgan fingerprint density at radius 2 is 1.39 bits per heavy atom. The third-order valence-corrected chi connectivity index (χ3v) is 8.84. The monoisotopic (exact) mass is 486 g/mol. The van der Waals surface area contributed by atoms with Gasteiger partial charge >= 0.3 is 0 Å². The molecule has 0 spiro atoms. The van der Waals surface area contributed by atoms with Gasteiger partial charge < -0.3 is 10.1 Å². The Morgan fingerprint density at radius 3 is 2.06 bits per heavy atom. The number of carbonyl (C=O) groups excluding carboxylic acids is 1. The Balaban J connectivity index is 1.57. The topological polar surface area (TPSA) is 110 Å². The van der Waals surface area contributed by atoms with Gasteiger partial charge in [0, 0.05) is 24.3 Å². The standard InChI is InChI=1S/C23H22N2O6S2/c26-23(24-19-5-2-1-3-6-19)18-9-11-20(12-10-18)32(27,28)21-7-4-8-22(17-21)33(29,30)25-13-15-31-16-14-25/h1-12,17H,13-16H2,(H,24,26). The van der Waals surface area contributed by atoms with Gasteiger partial charge in [0.25, 0.3) is 5.91 Å². The summed E-state index contributed by atoms with van der Waals surface area (Å²) in [6.07, 6.45) is 0. The molecule has 172 valence electrons. The zero-order valence-electron chi connectivity index (χ0n) is 17.5. The first-order valence-corrected chi connectivity index (χ1v) is 13.1. The van der Waals surface area contributed by atoms with Crippen LogP contribution in [0.15, 0.2) is 93.5 Å². The van der Waals surface area contributed by atoms with Crippen LogP contribution in [-0.4, -0.2) is 53.4 Å². The van der Waals surface area contributed by atoms with Gasteiger partial charge in [-0.25, -0.2) is 16.8 Å². The molecule has 0 unspecified atom stereocenters. The molecular weight excluding hydrogens is 464 g/mol. The molecule has 1 fully saturated rings. The fourth-order valence-electron chi connectivity index (χ4n) is 3.38. The first kappa shape index (κ1) is 23.1. The van der Waals surface area contributed by atoms with Gasteiger partial charge in [0.15, 0.2) is 0 Å². The van der Waals surface area contributed by atoms with Crippen LogP contribution in [0.4, 0.5) is 5.69 Å². The van der Waals surface area contributed by atoms with Crippen LogP contribution >= 0.6 is 0 Å². The highest BCUT2D eigenvalue weighted by Crippen LogP contribution is 2.25. The van der Waals surface area contributed by atoms with Crippen molar-refractivity contribution < 1.29 is 26.4 Å². The van der Waals surface area contributed by atoms with Crippen molar-refractivity contribution in [3.63, 3.8) is 0 Å². The lowest BCUT2D eigenvalue weighted by Gasteiger charge is -2.26. The van der Waals surface area contributed by atoms with E-state index in [9.17, 15) is 21.6 Å². The van der Waals surface area contributed by atoms with Gasteiger partial charge in [-0.1, -0.05) is 24.3 Å². The van der Waals surface area contributed by atoms with E-state index >= 15 is 0 Å². The quantitative estimate of drug-likeness (QED) is 0.574. The summed E-state index contributed by atoms with van der Waals surface area (Å²) >= 11 is 0. The number of nitrogens with zero attached hydrogens (tertiary/aromatic N) is 1. The molecule has 1 N–H and O–H groups in total. The summed E-state index contributed by atoms with van der Waals surface area (Å²) < 4.78 is 58.5. The van der Waals surface area contributed by atoms with E-state index in [0.29, 0.717) is 24.5 Å². The third-order valence-electron chi connectivity index (χ3n) is 5.18. The van der Waals surface area contributed by atoms with Crippen molar-refractivity contribution in [1.29, 1.82) is 0 Å². The first-order chi connectivity index (χ1) is 15.8. The Labute approximate surface area is 192 Å². The fraction of sp³-hybridized carbons (Fsp3) is 0.174. The maximum absolute atomic E-state index is 13.1. The smallest absolute Gasteiger partial charge is 0.255 e. The molecular formula is C23H22N2O6S2. The van der Waals surface area contributed by atoms with E-state index < -0.39 is 19.9 Å². The van der Waals surface area contributed by atoms with E-state index in [1.807, 2.05) is 6.07 Å². The highest BCUT2D eigenvalue weighted by Gasteiger charge is 2.28. The van der Waals surface area contributed by atoms with Crippen LogP contribution in [0.3, 0.4) is 0 Å². The van der Waals surface area contributed by atoms with Crippen LogP contribution in [0, 0.1) is 0 Å². The van der Waals surface area contributed by atoms with Crippen molar-refractivity contribution in [2.24, 2.45) is 0 Å². The minimum atomic E-state index is -3.99. The van der Waals surface area contributed by atoms with E-state index in [2.05, 4.69) is 5.32 Å². The number of hydrogen-bond acceptors (Lipinski definition) is 6. The Morgan fingerprint density at radius 1 is 0.758 bits per heavy atom. The number of benzene rings is 3. The second-order valence-electron chi connectivity index (χ2n) is 7.34. The lowest BCUT2D eigenvalue weighted by Crippen LogP contribution is -2.40. The Hall–Kier alpha value is -3.05. The molecule has 1 amide bonds. The third kappa shape index (κ3) is 4.98. The van der Waals surface area contributed by atoms with E-state index in [1.54, 1.807) is 24.3 Å². The maximum atomic E-state index is 13.1. The van der Waals surface area contributed by atoms with Crippen molar-refractivity contribution in [1.82, 2.24) is 4.31 Å². The number of sulfonamides is 1. The molecule has 3 aromatic carbocycles. The van der Waals surface area contributed by atoms with Crippen molar-refractivity contribution in [3.8, 4) is 0 Å². The largest absolute Gasteiger partial charge is 0.379 e. The van der Waals surface area contributed by atoms with Crippen molar-refractivity contribution in [3.05, 3.63) is 84.4 Å². The summed E-state index contributed by atoms with van der Waals surface area (Å²) in [5, 5.41) is 2.73. The van der Waals surface area contributed by atoms with Crippen LogP contribution in [-0.2, 0) is 24.6 Å². The predicted octanol–water partition coefficient (Wildman–Crippen LogP) is 2.79. The average Bonchev–Trinajstić information content (AvgIpc) is 2.85. The zero-order valence-corrected chi connectivity index (χ0v) is 19.2. The number of hydrogen-bond donors (Lipinski definition) is 1. The number of anilines is 1. The number of morpholine rings is 1. The van der Waals surface area contributed by atoms with Gasteiger partial charge in [-0.3, -0.25) is 4.79 Å². The molecule has 10 heteroatoms. The molecule has 0 bridgehead atoms. The normalized spacial score (nSPS) is 15.2. The molecule has 0 saturated carbocycles. The molecule has 4 rings (SSSR count). The predicted molar refractivity (Wildman–Crippen MR) is 122 cm³/mol. The molecule has 0 atom stereocenters. The molecule has 8 nitrogen and oxygen atoms in total. The van der Waals surface area contributed by atoms with Gasteiger partial charge in [0.05, 0.1) is 27.9 Å². The van der Waals surface area contributed by atoms with E-state index in [-0.39, 0.29) is 33.7 Å². The molecule has 0 radical (unpaired) electrons. The molecule has 33 heavy (non-hydrogen) atoms. The summed E-state index contributed by atoms with van der Waals surface area (Å²) in [6, 6.07) is 19.7. The number of amides is 1. The summed E-state index contributed by atoms with van der Waals surface area (Å²) in [7, 11) is -7.83. The van der Waals surface area contributed by atoms with Crippen molar-refractivity contribution in [2.45, 2.75) is 14.7 Å². The minimum absolute atomic E-state index is 0.0420. The van der Waals surface area contributed by atoms with Crippen LogP contribution in [0.25, 0.3) is 0 Å². The van der Waals surface area contributed by atoms with Gasteiger partial charge in [0.1, 0.15) is 0 Å². The van der Waals surface area contributed by atoms with Crippen LogP contribution < -0.4 is 5.32 Å². The summed E-state index contributed by atoms with van der Waals surface area (Å²) in [4.78, 5) is 12.1. The van der Waals surface area contributed by atoms with E-state index in [1.165, 1.54) is 46.8 Å². The fourth-order valence-corrected chi connectivity index (χ4v) is 6.22. The molecule has 1 heterocycles. The zero-order chi connectivity index (χ0) is 23.5. The number of carbonyl (C=O) groups is 1. The highest BCUT2D eigenvalue weighted by molar-refractivity contribution is 7.91. The van der Waals surface area contributed by atoms with E-state index in [0.717, 1.165) is 6.07 Å². The number of ether oxygens (including phenoxy) is 1. The first-order valence-electron chi connectivity index (χ1n) is 10.2. The maximum Gasteiger partial charge on any atom is 0.255 e. The summed E-state index contributed by atoms with van der Waals surface area (Å²) in [6.45, 7) is 1.01. The van der Waals surface area contributed by atoms with E-state index in [4.69, 9.17) is 4.74 Å².